The molecule has 124 valence electrons. The highest BCUT2D eigenvalue weighted by Crippen LogP contribution is 2.26. The van der Waals surface area contributed by atoms with E-state index >= 15 is 0 Å². The van der Waals surface area contributed by atoms with Crippen LogP contribution in [0.4, 0.5) is 0 Å². The minimum absolute atomic E-state index is 0. The Labute approximate surface area is 147 Å². The van der Waals surface area contributed by atoms with Crippen LogP contribution in [0.2, 0.25) is 5.02 Å². The highest BCUT2D eigenvalue weighted by Gasteiger charge is 2.30. The van der Waals surface area contributed by atoms with E-state index in [2.05, 4.69) is 10.4 Å². The average molecular weight is 355 g/mol. The van der Waals surface area contributed by atoms with Crippen LogP contribution in [0.3, 0.4) is 0 Å². The van der Waals surface area contributed by atoms with Gasteiger partial charge >= 0.3 is 0 Å². The molecule has 1 aromatic heterocycles. The van der Waals surface area contributed by atoms with E-state index in [0.717, 1.165) is 24.3 Å². The lowest BCUT2D eigenvalue weighted by Crippen LogP contribution is -2.48. The fraction of sp³-hybridized carbons (Fsp3) is 0.375. The molecule has 1 N–H and O–H groups in total. The largest absolute Gasteiger partial charge is 0.329 e. The molecule has 1 saturated heterocycles. The Balaban J connectivity index is 0.00000192. The van der Waals surface area contributed by atoms with Crippen molar-refractivity contribution in [2.24, 2.45) is 7.05 Å². The van der Waals surface area contributed by atoms with E-state index in [9.17, 15) is 4.79 Å². The fourth-order valence-electron chi connectivity index (χ4n) is 2.82. The van der Waals surface area contributed by atoms with Crippen molar-refractivity contribution in [2.75, 3.05) is 19.6 Å². The predicted octanol–water partition coefficient (Wildman–Crippen LogP) is 2.59. The van der Waals surface area contributed by atoms with E-state index in [1.807, 2.05) is 43.1 Å². The molecule has 0 saturated carbocycles. The van der Waals surface area contributed by atoms with Crippen molar-refractivity contribution in [1.82, 2.24) is 20.0 Å². The molecule has 7 heteroatoms. The summed E-state index contributed by atoms with van der Waals surface area (Å²) >= 11 is 6.10. The number of aromatic nitrogens is 2. The summed E-state index contributed by atoms with van der Waals surface area (Å²) in [7, 11) is 1.85. The molecule has 1 atom stereocenters. The molecule has 0 radical (unpaired) electrons. The van der Waals surface area contributed by atoms with Gasteiger partial charge in [-0.15, -0.1) is 12.4 Å². The third-order valence-electron chi connectivity index (χ3n) is 4.20. The van der Waals surface area contributed by atoms with Gasteiger partial charge in [0.15, 0.2) is 0 Å². The van der Waals surface area contributed by atoms with E-state index in [1.54, 1.807) is 10.9 Å². The minimum atomic E-state index is -0.0143. The number of carbonyl (C=O) groups excluding carboxylic acids is 1. The molecule has 0 aliphatic carbocycles. The number of rotatable bonds is 2. The second kappa shape index (κ2) is 7.34. The van der Waals surface area contributed by atoms with Crippen molar-refractivity contribution in [3.8, 4) is 0 Å². The molecule has 5 nitrogen and oxygen atoms in total. The molecular formula is C16H20Cl2N4O. The number of amides is 1. The standard InChI is InChI=1S/C16H19ClN4O.ClH/c1-11-14(9-19-20(11)2)16(22)21-7-6-18-10-15(21)12-4-3-5-13(17)8-12;/h3-5,8-9,15,18H,6-7,10H2,1-2H3;1H. The number of piperazine rings is 1. The Morgan fingerprint density at radius 2 is 2.22 bits per heavy atom. The van der Waals surface area contributed by atoms with Crippen molar-refractivity contribution in [1.29, 1.82) is 0 Å². The van der Waals surface area contributed by atoms with Crippen LogP contribution in [0.25, 0.3) is 0 Å². The quantitative estimate of drug-likeness (QED) is 0.901. The Kier molecular flexibility index (Phi) is 5.68. The van der Waals surface area contributed by atoms with Crippen LogP contribution in [0, 0.1) is 6.92 Å². The molecule has 2 aromatic rings. The lowest BCUT2D eigenvalue weighted by Gasteiger charge is -2.36. The molecule has 1 aliphatic rings. The lowest BCUT2D eigenvalue weighted by molar-refractivity contribution is 0.0633. The van der Waals surface area contributed by atoms with E-state index in [0.29, 0.717) is 17.1 Å². The zero-order chi connectivity index (χ0) is 15.7. The number of aryl methyl sites for hydroxylation is 1. The van der Waals surface area contributed by atoms with Gasteiger partial charge in [-0.1, -0.05) is 23.7 Å². The van der Waals surface area contributed by atoms with E-state index in [4.69, 9.17) is 11.6 Å². The molecular weight excluding hydrogens is 335 g/mol. The second-order valence-corrected chi connectivity index (χ2v) is 5.98. The number of hydrogen-bond acceptors (Lipinski definition) is 3. The molecule has 1 amide bonds. The SMILES string of the molecule is Cc1c(C(=O)N2CCNCC2c2cccc(Cl)c2)cnn1C.Cl. The Bertz CT molecular complexity index is 701. The number of halogens is 2. The van der Waals surface area contributed by atoms with Crippen molar-refractivity contribution in [3.63, 3.8) is 0 Å². The maximum Gasteiger partial charge on any atom is 0.257 e. The summed E-state index contributed by atoms with van der Waals surface area (Å²) in [5.41, 5.74) is 2.60. The van der Waals surface area contributed by atoms with Gasteiger partial charge in [0.2, 0.25) is 0 Å². The van der Waals surface area contributed by atoms with Gasteiger partial charge in [-0.05, 0) is 24.6 Å². The predicted molar refractivity (Wildman–Crippen MR) is 93.3 cm³/mol. The summed E-state index contributed by atoms with van der Waals surface area (Å²) in [5, 5.41) is 8.22. The summed E-state index contributed by atoms with van der Waals surface area (Å²) in [5.74, 6) is 0.0251. The summed E-state index contributed by atoms with van der Waals surface area (Å²) in [6.45, 7) is 4.11. The molecule has 3 rings (SSSR count). The van der Waals surface area contributed by atoms with Crippen LogP contribution >= 0.6 is 24.0 Å². The number of carbonyl (C=O) groups is 1. The normalized spacial score (nSPS) is 17.7. The monoisotopic (exact) mass is 354 g/mol. The van der Waals surface area contributed by atoms with Gasteiger partial charge in [0.1, 0.15) is 0 Å². The van der Waals surface area contributed by atoms with Gasteiger partial charge in [0, 0.05) is 37.4 Å². The van der Waals surface area contributed by atoms with Gasteiger partial charge in [-0.25, -0.2) is 0 Å². The van der Waals surface area contributed by atoms with Crippen molar-refractivity contribution in [2.45, 2.75) is 13.0 Å². The molecule has 1 unspecified atom stereocenters. The zero-order valence-corrected chi connectivity index (χ0v) is 14.7. The summed E-state index contributed by atoms with van der Waals surface area (Å²) in [6, 6.07) is 7.69. The highest BCUT2D eigenvalue weighted by molar-refractivity contribution is 6.30. The molecule has 2 heterocycles. The Morgan fingerprint density at radius 1 is 1.43 bits per heavy atom. The topological polar surface area (TPSA) is 50.2 Å². The van der Waals surface area contributed by atoms with Crippen molar-refractivity contribution >= 4 is 29.9 Å². The first-order chi connectivity index (χ1) is 10.6. The van der Waals surface area contributed by atoms with Gasteiger partial charge in [0.05, 0.1) is 17.8 Å². The first kappa shape index (κ1) is 17.8. The van der Waals surface area contributed by atoms with Crippen LogP contribution in [-0.2, 0) is 7.05 Å². The number of benzene rings is 1. The van der Waals surface area contributed by atoms with E-state index in [-0.39, 0.29) is 24.4 Å². The molecule has 0 bridgehead atoms. The smallest absolute Gasteiger partial charge is 0.257 e. The maximum atomic E-state index is 12.9. The lowest BCUT2D eigenvalue weighted by atomic mass is 10.0. The van der Waals surface area contributed by atoms with Crippen LogP contribution in [0.1, 0.15) is 27.7 Å². The molecule has 0 spiro atoms. The number of hydrogen-bond donors (Lipinski definition) is 1. The van der Waals surface area contributed by atoms with Gasteiger partial charge < -0.3 is 10.2 Å². The zero-order valence-electron chi connectivity index (χ0n) is 13.1. The summed E-state index contributed by atoms with van der Waals surface area (Å²) < 4.78 is 1.73. The maximum absolute atomic E-state index is 12.9. The molecule has 1 aliphatic heterocycles. The first-order valence-electron chi connectivity index (χ1n) is 7.33. The van der Waals surface area contributed by atoms with Gasteiger partial charge in [-0.3, -0.25) is 9.48 Å². The highest BCUT2D eigenvalue weighted by atomic mass is 35.5. The molecule has 1 aromatic carbocycles. The third kappa shape index (κ3) is 3.52. The Hall–Kier alpha value is -1.56. The van der Waals surface area contributed by atoms with E-state index < -0.39 is 0 Å². The Morgan fingerprint density at radius 3 is 2.87 bits per heavy atom. The van der Waals surface area contributed by atoms with Gasteiger partial charge in [-0.2, -0.15) is 5.10 Å². The second-order valence-electron chi connectivity index (χ2n) is 5.54. The van der Waals surface area contributed by atoms with Crippen LogP contribution in [0.15, 0.2) is 30.5 Å². The van der Waals surface area contributed by atoms with Crippen LogP contribution in [-0.4, -0.2) is 40.2 Å². The number of nitrogens with zero attached hydrogens (tertiary/aromatic N) is 3. The van der Waals surface area contributed by atoms with Crippen LogP contribution in [0.5, 0.6) is 0 Å². The van der Waals surface area contributed by atoms with Crippen molar-refractivity contribution < 1.29 is 4.79 Å². The first-order valence-corrected chi connectivity index (χ1v) is 7.71. The number of nitrogens with one attached hydrogen (secondary N) is 1. The van der Waals surface area contributed by atoms with Gasteiger partial charge in [0.25, 0.3) is 5.91 Å². The molecule has 23 heavy (non-hydrogen) atoms. The summed E-state index contributed by atoms with van der Waals surface area (Å²) in [4.78, 5) is 14.8. The van der Waals surface area contributed by atoms with Crippen molar-refractivity contribution in [3.05, 3.63) is 52.3 Å². The third-order valence-corrected chi connectivity index (χ3v) is 4.44. The minimum Gasteiger partial charge on any atom is -0.329 e. The van der Waals surface area contributed by atoms with Crippen LogP contribution < -0.4 is 5.32 Å². The van der Waals surface area contributed by atoms with E-state index in [1.165, 1.54) is 0 Å². The fourth-order valence-corrected chi connectivity index (χ4v) is 3.02. The average Bonchev–Trinajstić information content (AvgIpc) is 2.86. The summed E-state index contributed by atoms with van der Waals surface area (Å²) in [6.07, 6.45) is 1.65. The molecule has 1 fully saturated rings.